The number of benzene rings is 1. The highest BCUT2D eigenvalue weighted by Gasteiger charge is 2.26. The Morgan fingerprint density at radius 2 is 1.93 bits per heavy atom. The average molecular weight is 420 g/mol. The minimum atomic E-state index is -3.62. The zero-order valence-electron chi connectivity index (χ0n) is 16.5. The molecule has 29 heavy (non-hydrogen) atoms. The molecule has 0 spiro atoms. The molecule has 0 aliphatic carbocycles. The van der Waals surface area contributed by atoms with E-state index in [4.69, 9.17) is 0 Å². The Hall–Kier alpha value is -2.72. The molecule has 1 fully saturated rings. The lowest BCUT2D eigenvalue weighted by molar-refractivity contribution is 0.0698. The maximum Gasteiger partial charge on any atom is 0.254 e. The summed E-state index contributed by atoms with van der Waals surface area (Å²) in [4.78, 5) is 26.8. The van der Waals surface area contributed by atoms with Crippen LogP contribution in [0.3, 0.4) is 0 Å². The van der Waals surface area contributed by atoms with Crippen molar-refractivity contribution in [2.24, 2.45) is 7.05 Å². The number of carbonyl (C=O) groups is 2. The first kappa shape index (κ1) is 21.0. The van der Waals surface area contributed by atoms with Crippen molar-refractivity contribution < 1.29 is 18.0 Å². The maximum atomic E-state index is 12.8. The number of likely N-dealkylation sites (tertiary alicyclic amines) is 1. The number of aromatic nitrogens is 2. The van der Waals surface area contributed by atoms with Crippen LogP contribution in [0.4, 0.5) is 0 Å². The molecule has 1 aliphatic heterocycles. The van der Waals surface area contributed by atoms with Gasteiger partial charge in [0, 0.05) is 44.5 Å². The van der Waals surface area contributed by atoms with Crippen LogP contribution >= 0.6 is 0 Å². The predicted molar refractivity (Wildman–Crippen MR) is 107 cm³/mol. The number of aryl methyl sites for hydroxylation is 1. The fourth-order valence-electron chi connectivity index (χ4n) is 3.29. The minimum absolute atomic E-state index is 0.0211. The second kappa shape index (κ2) is 8.75. The van der Waals surface area contributed by atoms with Crippen molar-refractivity contribution in [2.45, 2.75) is 30.7 Å². The van der Waals surface area contributed by atoms with Gasteiger partial charge < -0.3 is 10.2 Å². The number of nitrogens with one attached hydrogen (secondary N) is 2. The van der Waals surface area contributed by atoms with Gasteiger partial charge in [-0.15, -0.1) is 0 Å². The summed E-state index contributed by atoms with van der Waals surface area (Å²) in [6.45, 7) is 2.95. The maximum absolute atomic E-state index is 12.8. The quantitative estimate of drug-likeness (QED) is 0.717. The lowest BCUT2D eigenvalue weighted by atomic mass is 10.0. The first-order valence-electron chi connectivity index (χ1n) is 9.48. The number of sulfonamides is 1. The number of amides is 2. The number of nitrogens with zero attached hydrogens (tertiary/aromatic N) is 3. The van der Waals surface area contributed by atoms with Gasteiger partial charge in [-0.25, -0.2) is 13.1 Å². The van der Waals surface area contributed by atoms with Crippen molar-refractivity contribution in [3.05, 3.63) is 47.8 Å². The van der Waals surface area contributed by atoms with Crippen LogP contribution in [0.2, 0.25) is 0 Å². The molecule has 156 valence electrons. The van der Waals surface area contributed by atoms with Gasteiger partial charge in [-0.05, 0) is 31.0 Å². The van der Waals surface area contributed by atoms with Crippen LogP contribution in [-0.4, -0.2) is 60.6 Å². The van der Waals surface area contributed by atoms with Crippen LogP contribution in [-0.2, 0) is 17.1 Å². The summed E-state index contributed by atoms with van der Waals surface area (Å²) in [5, 5.41) is 6.96. The molecule has 0 saturated carbocycles. The van der Waals surface area contributed by atoms with E-state index in [1.807, 2.05) is 0 Å². The average Bonchev–Trinajstić information content (AvgIpc) is 3.15. The first-order chi connectivity index (χ1) is 13.8. The summed E-state index contributed by atoms with van der Waals surface area (Å²) >= 11 is 0. The van der Waals surface area contributed by atoms with Crippen molar-refractivity contribution in [1.82, 2.24) is 24.7 Å². The molecule has 1 aromatic heterocycles. The van der Waals surface area contributed by atoms with Crippen molar-refractivity contribution >= 4 is 21.8 Å². The Bertz CT molecular complexity index is 994. The van der Waals surface area contributed by atoms with Crippen molar-refractivity contribution in [2.75, 3.05) is 19.6 Å². The van der Waals surface area contributed by atoms with Gasteiger partial charge in [0.15, 0.2) is 0 Å². The van der Waals surface area contributed by atoms with Gasteiger partial charge in [0.05, 0.1) is 16.7 Å². The second-order valence-electron chi connectivity index (χ2n) is 6.97. The van der Waals surface area contributed by atoms with E-state index in [0.29, 0.717) is 37.1 Å². The molecule has 2 amide bonds. The van der Waals surface area contributed by atoms with Crippen LogP contribution in [0.5, 0.6) is 0 Å². The zero-order valence-corrected chi connectivity index (χ0v) is 17.3. The van der Waals surface area contributed by atoms with Gasteiger partial charge in [0.1, 0.15) is 0 Å². The van der Waals surface area contributed by atoms with Crippen LogP contribution < -0.4 is 10.0 Å². The Balaban J connectivity index is 1.59. The molecule has 1 aliphatic rings. The highest BCUT2D eigenvalue weighted by atomic mass is 32.2. The number of hydrogen-bond donors (Lipinski definition) is 2. The molecule has 0 atom stereocenters. The minimum Gasteiger partial charge on any atom is -0.349 e. The van der Waals surface area contributed by atoms with E-state index in [9.17, 15) is 18.0 Å². The summed E-state index contributed by atoms with van der Waals surface area (Å²) in [6.07, 6.45) is 4.44. The lowest BCUT2D eigenvalue weighted by Gasteiger charge is -2.32. The van der Waals surface area contributed by atoms with Crippen LogP contribution in [0.15, 0.2) is 41.6 Å². The van der Waals surface area contributed by atoms with E-state index in [0.717, 1.165) is 0 Å². The van der Waals surface area contributed by atoms with E-state index in [1.165, 1.54) is 18.3 Å². The van der Waals surface area contributed by atoms with Crippen LogP contribution in [0.1, 0.15) is 40.5 Å². The fraction of sp³-hybridized carbons (Fsp3) is 0.421. The third-order valence-corrected chi connectivity index (χ3v) is 6.35. The number of piperidine rings is 1. The molecule has 2 heterocycles. The van der Waals surface area contributed by atoms with Gasteiger partial charge in [-0.3, -0.25) is 14.3 Å². The molecule has 1 aromatic carbocycles. The largest absolute Gasteiger partial charge is 0.349 e. The Labute approximate surface area is 170 Å². The van der Waals surface area contributed by atoms with E-state index in [1.54, 1.807) is 41.9 Å². The first-order valence-corrected chi connectivity index (χ1v) is 11.0. The molecule has 10 heteroatoms. The molecule has 2 aromatic rings. The molecule has 2 N–H and O–H groups in total. The van der Waals surface area contributed by atoms with Gasteiger partial charge in [-0.2, -0.15) is 5.10 Å². The van der Waals surface area contributed by atoms with Gasteiger partial charge in [-0.1, -0.05) is 13.0 Å². The number of rotatable bonds is 6. The monoisotopic (exact) mass is 419 g/mol. The van der Waals surface area contributed by atoms with E-state index < -0.39 is 10.0 Å². The van der Waals surface area contributed by atoms with E-state index >= 15 is 0 Å². The molecule has 1 saturated heterocycles. The van der Waals surface area contributed by atoms with E-state index in [2.05, 4.69) is 15.1 Å². The summed E-state index contributed by atoms with van der Waals surface area (Å²) in [7, 11) is -1.87. The Kier molecular flexibility index (Phi) is 6.33. The molecular formula is C19H25N5O4S. The SMILES string of the molecule is CCNS(=O)(=O)c1cccc(C(=O)N2CCC(NC(=O)c3cnn(C)c3)CC2)c1. The van der Waals surface area contributed by atoms with Crippen LogP contribution in [0.25, 0.3) is 0 Å². The topological polar surface area (TPSA) is 113 Å². The van der Waals surface area contributed by atoms with Gasteiger partial charge in [0.25, 0.3) is 11.8 Å². The van der Waals surface area contributed by atoms with E-state index in [-0.39, 0.29) is 29.3 Å². The third kappa shape index (κ3) is 5.01. The van der Waals surface area contributed by atoms with Gasteiger partial charge >= 0.3 is 0 Å². The van der Waals surface area contributed by atoms with Crippen molar-refractivity contribution in [3.8, 4) is 0 Å². The fourth-order valence-corrected chi connectivity index (χ4v) is 4.37. The predicted octanol–water partition coefficient (Wildman–Crippen LogP) is 0.753. The number of hydrogen-bond acceptors (Lipinski definition) is 5. The van der Waals surface area contributed by atoms with Gasteiger partial charge in [0.2, 0.25) is 10.0 Å². The molecule has 3 rings (SSSR count). The summed E-state index contributed by atoms with van der Waals surface area (Å²) in [6, 6.07) is 6.03. The molecule has 0 unspecified atom stereocenters. The molecule has 0 bridgehead atoms. The molecular weight excluding hydrogens is 394 g/mol. The second-order valence-corrected chi connectivity index (χ2v) is 8.74. The third-order valence-electron chi connectivity index (χ3n) is 4.81. The number of carbonyl (C=O) groups excluding carboxylic acids is 2. The summed E-state index contributed by atoms with van der Waals surface area (Å²) in [5.41, 5.74) is 0.839. The standard InChI is InChI=1S/C19H25N5O4S/c1-3-21-29(27,28)17-6-4-5-14(11-17)19(26)24-9-7-16(8-10-24)22-18(25)15-12-20-23(2)13-15/h4-6,11-13,16,21H,3,7-10H2,1-2H3,(H,22,25). The Morgan fingerprint density at radius 3 is 2.55 bits per heavy atom. The highest BCUT2D eigenvalue weighted by Crippen LogP contribution is 2.17. The van der Waals surface area contributed by atoms with Crippen LogP contribution in [0, 0.1) is 0 Å². The lowest BCUT2D eigenvalue weighted by Crippen LogP contribution is -2.46. The Morgan fingerprint density at radius 1 is 1.21 bits per heavy atom. The smallest absolute Gasteiger partial charge is 0.254 e. The molecule has 0 radical (unpaired) electrons. The van der Waals surface area contributed by atoms with Crippen molar-refractivity contribution in [3.63, 3.8) is 0 Å². The highest BCUT2D eigenvalue weighted by molar-refractivity contribution is 7.89. The zero-order chi connectivity index (χ0) is 21.0. The summed E-state index contributed by atoms with van der Waals surface area (Å²) < 4.78 is 28.3. The normalized spacial score (nSPS) is 15.3. The summed E-state index contributed by atoms with van der Waals surface area (Å²) in [5.74, 6) is -0.389. The van der Waals surface area contributed by atoms with Crippen molar-refractivity contribution in [1.29, 1.82) is 0 Å². The molecule has 9 nitrogen and oxygen atoms in total.